The van der Waals surface area contributed by atoms with Gasteiger partial charge in [0.05, 0.1) is 24.5 Å². The lowest BCUT2D eigenvalue weighted by atomic mass is 10.1. The summed E-state index contributed by atoms with van der Waals surface area (Å²) in [6.07, 6.45) is 0.490. The summed E-state index contributed by atoms with van der Waals surface area (Å²) in [7, 11) is 1.49. The Morgan fingerprint density at radius 3 is 2.68 bits per heavy atom. The first-order valence-electron chi connectivity index (χ1n) is 5.96. The first-order chi connectivity index (χ1) is 8.85. The summed E-state index contributed by atoms with van der Waals surface area (Å²) >= 11 is -0.309. The molecule has 1 rings (SSSR count). The molecule has 1 amide bonds. The minimum atomic E-state index is -4.39. The number of carbonyl (C=O) groups is 1. The van der Waals surface area contributed by atoms with Crippen molar-refractivity contribution < 1.29 is 27.4 Å². The van der Waals surface area contributed by atoms with Crippen molar-refractivity contribution in [2.75, 3.05) is 32.6 Å². The van der Waals surface area contributed by atoms with E-state index < -0.39 is 17.2 Å². The molecule has 0 aromatic rings. The molecule has 0 aromatic carbocycles. The molecule has 1 aliphatic rings. The van der Waals surface area contributed by atoms with Gasteiger partial charge in [-0.3, -0.25) is 4.79 Å². The molecule has 0 bridgehead atoms. The van der Waals surface area contributed by atoms with Crippen molar-refractivity contribution in [3.05, 3.63) is 0 Å². The summed E-state index contributed by atoms with van der Waals surface area (Å²) in [6, 6.07) is -0.170. The average Bonchev–Trinajstić information content (AvgIpc) is 2.73. The number of nitrogens with zero attached hydrogens (tertiary/aromatic N) is 1. The quantitative estimate of drug-likeness (QED) is 0.751. The molecule has 1 fully saturated rings. The first-order valence-corrected chi connectivity index (χ1v) is 6.94. The van der Waals surface area contributed by atoms with Gasteiger partial charge in [-0.2, -0.15) is 13.2 Å². The van der Waals surface area contributed by atoms with Gasteiger partial charge < -0.3 is 14.4 Å². The molecule has 0 aliphatic carbocycles. The second kappa shape index (κ2) is 7.35. The Kier molecular flexibility index (Phi) is 6.41. The molecule has 0 N–H and O–H groups in total. The van der Waals surface area contributed by atoms with E-state index in [1.54, 1.807) is 0 Å². The molecular weight excluding hydrogens is 283 g/mol. The van der Waals surface area contributed by atoms with E-state index in [1.165, 1.54) is 12.0 Å². The van der Waals surface area contributed by atoms with E-state index in [1.807, 2.05) is 6.92 Å². The molecule has 0 aromatic heterocycles. The first kappa shape index (κ1) is 16.6. The van der Waals surface area contributed by atoms with Gasteiger partial charge in [0.15, 0.2) is 0 Å². The Balaban J connectivity index is 2.59. The van der Waals surface area contributed by atoms with Gasteiger partial charge in [0.1, 0.15) is 0 Å². The van der Waals surface area contributed by atoms with Crippen LogP contribution in [0.4, 0.5) is 13.2 Å². The van der Waals surface area contributed by atoms with Crippen molar-refractivity contribution in [3.63, 3.8) is 0 Å². The fourth-order valence-electron chi connectivity index (χ4n) is 2.02. The molecule has 1 aliphatic heterocycles. The van der Waals surface area contributed by atoms with Gasteiger partial charge in [-0.15, -0.1) is 0 Å². The molecule has 2 atom stereocenters. The Bertz CT molecular complexity index is 301. The van der Waals surface area contributed by atoms with Crippen LogP contribution in [0.3, 0.4) is 0 Å². The second-order valence-corrected chi connectivity index (χ2v) is 5.29. The predicted molar refractivity (Wildman–Crippen MR) is 65.9 cm³/mol. The SMILES string of the molecule is COCCN(C(=O)CSC(F)(F)F)[C@H]1CCO[C@@H]1C. The lowest BCUT2D eigenvalue weighted by Gasteiger charge is -2.30. The monoisotopic (exact) mass is 301 g/mol. The van der Waals surface area contributed by atoms with E-state index in [2.05, 4.69) is 0 Å². The topological polar surface area (TPSA) is 38.8 Å². The van der Waals surface area contributed by atoms with Gasteiger partial charge in [0.2, 0.25) is 5.91 Å². The van der Waals surface area contributed by atoms with E-state index in [0.717, 1.165) is 0 Å². The van der Waals surface area contributed by atoms with Gasteiger partial charge in [0, 0.05) is 20.3 Å². The maximum absolute atomic E-state index is 12.1. The van der Waals surface area contributed by atoms with Gasteiger partial charge in [-0.25, -0.2) is 0 Å². The number of hydrogen-bond acceptors (Lipinski definition) is 4. The molecule has 0 unspecified atom stereocenters. The van der Waals surface area contributed by atoms with Crippen LogP contribution in [-0.2, 0) is 14.3 Å². The standard InChI is InChI=1S/C11H18F3NO3S/c1-8-9(3-5-18-8)15(4-6-17-2)10(16)7-19-11(12,13)14/h8-9H,3-7H2,1-2H3/t8-,9+/m1/s1. The van der Waals surface area contributed by atoms with E-state index in [0.29, 0.717) is 19.6 Å². The number of thioether (sulfide) groups is 1. The van der Waals surface area contributed by atoms with Crippen molar-refractivity contribution in [1.29, 1.82) is 0 Å². The van der Waals surface area contributed by atoms with E-state index in [4.69, 9.17) is 9.47 Å². The summed E-state index contributed by atoms with van der Waals surface area (Å²) < 4.78 is 46.6. The number of halogens is 3. The van der Waals surface area contributed by atoms with Crippen LogP contribution in [0.1, 0.15) is 13.3 Å². The van der Waals surface area contributed by atoms with Crippen molar-refractivity contribution in [2.24, 2.45) is 0 Å². The highest BCUT2D eigenvalue weighted by Crippen LogP contribution is 2.30. The van der Waals surface area contributed by atoms with Gasteiger partial charge in [-0.1, -0.05) is 0 Å². The lowest BCUT2D eigenvalue weighted by Crippen LogP contribution is -2.46. The molecule has 112 valence electrons. The number of amides is 1. The summed E-state index contributed by atoms with van der Waals surface area (Å²) in [4.78, 5) is 13.4. The number of rotatable bonds is 6. The molecule has 1 heterocycles. The molecule has 8 heteroatoms. The van der Waals surface area contributed by atoms with Crippen LogP contribution in [0, 0.1) is 0 Å². The summed E-state index contributed by atoms with van der Waals surface area (Å²) in [5, 5.41) is 0. The van der Waals surface area contributed by atoms with Crippen LogP contribution in [-0.4, -0.2) is 61.1 Å². The van der Waals surface area contributed by atoms with Crippen molar-refractivity contribution in [1.82, 2.24) is 4.90 Å². The Hall–Kier alpha value is -0.470. The summed E-state index contributed by atoms with van der Waals surface area (Å²) in [5.41, 5.74) is -4.39. The highest BCUT2D eigenvalue weighted by atomic mass is 32.2. The predicted octanol–water partition coefficient (Wildman–Crippen LogP) is 1.89. The third-order valence-corrected chi connectivity index (χ3v) is 3.67. The maximum Gasteiger partial charge on any atom is 0.442 e. The number of carbonyl (C=O) groups excluding carboxylic acids is 1. The van der Waals surface area contributed by atoms with E-state index >= 15 is 0 Å². The van der Waals surface area contributed by atoms with E-state index in [9.17, 15) is 18.0 Å². The Morgan fingerprint density at radius 2 is 2.21 bits per heavy atom. The van der Waals surface area contributed by atoms with Crippen LogP contribution in [0.25, 0.3) is 0 Å². The third-order valence-electron chi connectivity index (χ3n) is 2.95. The Morgan fingerprint density at radius 1 is 1.53 bits per heavy atom. The number of hydrogen-bond donors (Lipinski definition) is 0. The third kappa shape index (κ3) is 5.58. The zero-order chi connectivity index (χ0) is 14.5. The fourth-order valence-corrected chi connectivity index (χ4v) is 2.47. The van der Waals surface area contributed by atoms with Gasteiger partial charge in [-0.05, 0) is 25.1 Å². The highest BCUT2D eigenvalue weighted by Gasteiger charge is 2.35. The molecular formula is C11H18F3NO3S. The van der Waals surface area contributed by atoms with Crippen LogP contribution in [0.15, 0.2) is 0 Å². The normalized spacial score (nSPS) is 23.6. The van der Waals surface area contributed by atoms with Crippen LogP contribution >= 0.6 is 11.8 Å². The highest BCUT2D eigenvalue weighted by molar-refractivity contribution is 8.00. The minimum Gasteiger partial charge on any atom is -0.383 e. The number of ether oxygens (including phenoxy) is 2. The molecule has 0 saturated carbocycles. The van der Waals surface area contributed by atoms with Gasteiger partial charge >= 0.3 is 5.51 Å². The summed E-state index contributed by atoms with van der Waals surface area (Å²) in [6.45, 7) is 2.93. The zero-order valence-electron chi connectivity index (χ0n) is 10.9. The lowest BCUT2D eigenvalue weighted by molar-refractivity contribution is -0.132. The maximum atomic E-state index is 12.1. The van der Waals surface area contributed by atoms with E-state index in [-0.39, 0.29) is 30.5 Å². The number of alkyl halides is 3. The van der Waals surface area contributed by atoms with Crippen molar-refractivity contribution in [2.45, 2.75) is 31.0 Å². The molecule has 1 saturated heterocycles. The van der Waals surface area contributed by atoms with Gasteiger partial charge in [0.25, 0.3) is 0 Å². The molecule has 19 heavy (non-hydrogen) atoms. The Labute approximate surface area is 114 Å². The van der Waals surface area contributed by atoms with Crippen molar-refractivity contribution in [3.8, 4) is 0 Å². The average molecular weight is 301 g/mol. The van der Waals surface area contributed by atoms with Crippen LogP contribution < -0.4 is 0 Å². The molecule has 4 nitrogen and oxygen atoms in total. The van der Waals surface area contributed by atoms with Crippen LogP contribution in [0.5, 0.6) is 0 Å². The number of methoxy groups -OCH3 is 1. The zero-order valence-corrected chi connectivity index (χ0v) is 11.7. The smallest absolute Gasteiger partial charge is 0.383 e. The molecule has 0 radical (unpaired) electrons. The summed E-state index contributed by atoms with van der Waals surface area (Å²) in [5.74, 6) is -1.13. The van der Waals surface area contributed by atoms with Crippen molar-refractivity contribution >= 4 is 17.7 Å². The minimum absolute atomic E-state index is 0.156. The fraction of sp³-hybridized carbons (Fsp3) is 0.909. The molecule has 0 spiro atoms. The second-order valence-electron chi connectivity index (χ2n) is 4.25. The van der Waals surface area contributed by atoms with Crippen LogP contribution in [0.2, 0.25) is 0 Å². The largest absolute Gasteiger partial charge is 0.442 e.